The Morgan fingerprint density at radius 3 is 2.12 bits per heavy atom. The van der Waals surface area contributed by atoms with Gasteiger partial charge in [0.1, 0.15) is 19.3 Å². The van der Waals surface area contributed by atoms with Crippen LogP contribution in [-0.4, -0.2) is 62.3 Å². The smallest absolute Gasteiger partial charge is 0.407 e. The summed E-state index contributed by atoms with van der Waals surface area (Å²) >= 11 is 0. The molecule has 1 saturated heterocycles. The zero-order chi connectivity index (χ0) is 30.2. The summed E-state index contributed by atoms with van der Waals surface area (Å²) in [5.41, 5.74) is 5.01. The van der Waals surface area contributed by atoms with Crippen LogP contribution in [0.1, 0.15) is 42.9 Å². The van der Waals surface area contributed by atoms with Crippen molar-refractivity contribution in [3.8, 4) is 11.1 Å². The van der Waals surface area contributed by atoms with Crippen LogP contribution in [0.4, 0.5) is 4.79 Å². The number of alkyl carbamates (subject to hydrolysis) is 1. The van der Waals surface area contributed by atoms with Gasteiger partial charge in [-0.1, -0.05) is 92.7 Å². The number of amides is 2. The number of carbonyl (C=O) groups is 3. The molecule has 5 rings (SSSR count). The van der Waals surface area contributed by atoms with Gasteiger partial charge >= 0.3 is 12.1 Å². The second kappa shape index (κ2) is 13.8. The van der Waals surface area contributed by atoms with Gasteiger partial charge in [0.05, 0.1) is 12.1 Å². The molecule has 0 spiro atoms. The quantitative estimate of drug-likeness (QED) is 0.226. The van der Waals surface area contributed by atoms with Crippen molar-refractivity contribution < 1.29 is 23.9 Å². The number of hydrogen-bond acceptors (Lipinski definition) is 7. The Morgan fingerprint density at radius 1 is 0.884 bits per heavy atom. The minimum Gasteiger partial charge on any atom is -0.460 e. The van der Waals surface area contributed by atoms with Crippen molar-refractivity contribution in [2.75, 3.05) is 32.8 Å². The van der Waals surface area contributed by atoms with Crippen LogP contribution in [0.25, 0.3) is 11.1 Å². The molecule has 3 aromatic rings. The van der Waals surface area contributed by atoms with Gasteiger partial charge in [0.15, 0.2) is 0 Å². The van der Waals surface area contributed by atoms with Crippen molar-refractivity contribution in [2.24, 2.45) is 5.92 Å². The van der Waals surface area contributed by atoms with Crippen molar-refractivity contribution in [1.82, 2.24) is 21.3 Å². The Labute approximate surface area is 252 Å². The summed E-state index contributed by atoms with van der Waals surface area (Å²) in [6.07, 6.45) is -0.164. The first-order chi connectivity index (χ1) is 20.8. The Morgan fingerprint density at radius 2 is 1.51 bits per heavy atom. The third-order valence-corrected chi connectivity index (χ3v) is 8.04. The number of ether oxygens (including phenoxy) is 2. The molecule has 9 heteroatoms. The molecule has 226 valence electrons. The lowest BCUT2D eigenvalue weighted by Gasteiger charge is -2.43. The fraction of sp³-hybridized carbons (Fsp3) is 0.382. The summed E-state index contributed by atoms with van der Waals surface area (Å²) in [4.78, 5) is 38.5. The van der Waals surface area contributed by atoms with Gasteiger partial charge in [-0.25, -0.2) is 4.79 Å². The molecule has 0 unspecified atom stereocenters. The second-order valence-electron chi connectivity index (χ2n) is 11.8. The van der Waals surface area contributed by atoms with Crippen LogP contribution in [-0.2, 0) is 25.7 Å². The van der Waals surface area contributed by atoms with E-state index >= 15 is 0 Å². The van der Waals surface area contributed by atoms with Crippen LogP contribution in [0.2, 0.25) is 0 Å². The predicted octanol–water partition coefficient (Wildman–Crippen LogP) is 3.73. The van der Waals surface area contributed by atoms with E-state index < -0.39 is 17.7 Å². The molecule has 3 aromatic carbocycles. The molecule has 0 saturated carbocycles. The third-order valence-electron chi connectivity index (χ3n) is 8.04. The van der Waals surface area contributed by atoms with Gasteiger partial charge in [-0.3, -0.25) is 14.9 Å². The van der Waals surface area contributed by atoms with Gasteiger partial charge in [0.25, 0.3) is 0 Å². The average molecular weight is 585 g/mol. The second-order valence-corrected chi connectivity index (χ2v) is 11.8. The third kappa shape index (κ3) is 7.60. The number of hydrogen-bond donors (Lipinski definition) is 4. The van der Waals surface area contributed by atoms with E-state index in [0.717, 1.165) is 27.8 Å². The zero-order valence-corrected chi connectivity index (χ0v) is 24.7. The molecule has 0 radical (unpaired) electrons. The van der Waals surface area contributed by atoms with Crippen molar-refractivity contribution in [3.05, 3.63) is 95.6 Å². The van der Waals surface area contributed by atoms with Crippen molar-refractivity contribution in [3.63, 3.8) is 0 Å². The highest BCUT2D eigenvalue weighted by Crippen LogP contribution is 2.44. The summed E-state index contributed by atoms with van der Waals surface area (Å²) in [6.45, 7) is 5.89. The number of rotatable bonds is 13. The molecule has 1 aliphatic heterocycles. The van der Waals surface area contributed by atoms with E-state index in [1.807, 2.05) is 68.4 Å². The largest absolute Gasteiger partial charge is 0.460 e. The molecule has 1 atom stereocenters. The van der Waals surface area contributed by atoms with Crippen LogP contribution in [0.3, 0.4) is 0 Å². The SMILES string of the molecule is CC(C)C[C@H](NC(=O)OCC1c2ccccc2-c2ccccc21)C(=O)NCC1(NCC(=O)OCc2ccccc2)CNC1. The Bertz CT molecular complexity index is 1380. The van der Waals surface area contributed by atoms with Gasteiger partial charge in [-0.05, 0) is 40.2 Å². The number of benzene rings is 3. The van der Waals surface area contributed by atoms with Crippen molar-refractivity contribution in [2.45, 2.75) is 44.4 Å². The summed E-state index contributed by atoms with van der Waals surface area (Å²) in [5, 5.41) is 12.2. The average Bonchev–Trinajstić information content (AvgIpc) is 3.31. The lowest BCUT2D eigenvalue weighted by Crippen LogP contribution is -2.73. The number of esters is 1. The molecular weight excluding hydrogens is 544 g/mol. The molecule has 2 aliphatic rings. The van der Waals surface area contributed by atoms with E-state index in [-0.39, 0.29) is 43.5 Å². The summed E-state index contributed by atoms with van der Waals surface area (Å²) in [5.74, 6) is -0.550. The predicted molar refractivity (Wildman–Crippen MR) is 164 cm³/mol. The summed E-state index contributed by atoms with van der Waals surface area (Å²) in [6, 6.07) is 25.1. The molecule has 9 nitrogen and oxygen atoms in total. The highest BCUT2D eigenvalue weighted by Gasteiger charge is 2.38. The molecule has 1 heterocycles. The summed E-state index contributed by atoms with van der Waals surface area (Å²) < 4.78 is 11.1. The maximum Gasteiger partial charge on any atom is 0.407 e. The first-order valence-electron chi connectivity index (χ1n) is 14.9. The van der Waals surface area contributed by atoms with E-state index in [0.29, 0.717) is 26.1 Å². The molecule has 0 bridgehead atoms. The Balaban J connectivity index is 1.12. The van der Waals surface area contributed by atoms with Crippen LogP contribution in [0.5, 0.6) is 0 Å². The highest BCUT2D eigenvalue weighted by molar-refractivity contribution is 5.86. The van der Waals surface area contributed by atoms with E-state index in [4.69, 9.17) is 9.47 Å². The minimum atomic E-state index is -0.753. The first kappa shape index (κ1) is 30.3. The zero-order valence-electron chi connectivity index (χ0n) is 24.7. The fourth-order valence-corrected chi connectivity index (χ4v) is 5.65. The molecule has 4 N–H and O–H groups in total. The van der Waals surface area contributed by atoms with Crippen LogP contribution in [0.15, 0.2) is 78.9 Å². The normalized spacial score (nSPS) is 15.5. The first-order valence-corrected chi connectivity index (χ1v) is 14.9. The van der Waals surface area contributed by atoms with Gasteiger partial charge < -0.3 is 25.4 Å². The Kier molecular flexibility index (Phi) is 9.74. The van der Waals surface area contributed by atoms with Crippen LogP contribution >= 0.6 is 0 Å². The molecule has 2 amide bonds. The van der Waals surface area contributed by atoms with Crippen molar-refractivity contribution in [1.29, 1.82) is 0 Å². The molecule has 1 fully saturated rings. The van der Waals surface area contributed by atoms with E-state index in [9.17, 15) is 14.4 Å². The summed E-state index contributed by atoms with van der Waals surface area (Å²) in [7, 11) is 0. The van der Waals surface area contributed by atoms with E-state index in [1.165, 1.54) is 0 Å². The monoisotopic (exact) mass is 584 g/mol. The highest BCUT2D eigenvalue weighted by atomic mass is 16.5. The molecule has 43 heavy (non-hydrogen) atoms. The number of fused-ring (bicyclic) bond motifs is 3. The molecular formula is C34H40N4O5. The molecule has 1 aliphatic carbocycles. The fourth-order valence-electron chi connectivity index (χ4n) is 5.65. The Hall–Kier alpha value is -4.21. The van der Waals surface area contributed by atoms with Gasteiger partial charge in [0.2, 0.25) is 5.91 Å². The van der Waals surface area contributed by atoms with E-state index in [2.05, 4.69) is 45.5 Å². The molecule has 0 aromatic heterocycles. The van der Waals surface area contributed by atoms with Gasteiger partial charge in [-0.15, -0.1) is 0 Å². The lowest BCUT2D eigenvalue weighted by atomic mass is 9.92. The van der Waals surface area contributed by atoms with Gasteiger partial charge in [0, 0.05) is 25.6 Å². The topological polar surface area (TPSA) is 118 Å². The van der Waals surface area contributed by atoms with E-state index in [1.54, 1.807) is 0 Å². The van der Waals surface area contributed by atoms with Gasteiger partial charge in [-0.2, -0.15) is 0 Å². The number of nitrogens with one attached hydrogen (secondary N) is 4. The lowest BCUT2D eigenvalue weighted by molar-refractivity contribution is -0.144. The van der Waals surface area contributed by atoms with Crippen LogP contribution in [0, 0.1) is 5.92 Å². The standard InChI is InChI=1S/C34H40N4O5/c1-23(2)16-30(38-33(41)43-19-29-27-14-8-6-12-25(27)26-13-7-9-15-28(26)29)32(40)36-22-34(20-35-21-34)37-17-31(39)42-18-24-10-4-3-5-11-24/h3-15,23,29-30,35,37H,16-22H2,1-2H3,(H,36,40)(H,38,41)/t30-/m0/s1. The maximum atomic E-state index is 13.3. The number of carbonyl (C=O) groups excluding carboxylic acids is 3. The van der Waals surface area contributed by atoms with Crippen molar-refractivity contribution >= 4 is 18.0 Å². The minimum absolute atomic E-state index is 0.0256. The van der Waals surface area contributed by atoms with Crippen LogP contribution < -0.4 is 21.3 Å². The maximum absolute atomic E-state index is 13.3.